The maximum Gasteiger partial charge on any atom is 0.282 e. The Morgan fingerprint density at radius 3 is 2.52 bits per heavy atom. The largest absolute Gasteiger partial charge is 0.338 e. The zero-order valence-corrected chi connectivity index (χ0v) is 12.2. The summed E-state index contributed by atoms with van der Waals surface area (Å²) in [6.07, 6.45) is 1.07. The Morgan fingerprint density at radius 2 is 2.00 bits per heavy atom. The van der Waals surface area contributed by atoms with E-state index in [9.17, 15) is 14.9 Å². The van der Waals surface area contributed by atoms with E-state index in [4.69, 9.17) is 5.84 Å². The van der Waals surface area contributed by atoms with Crippen LogP contribution in [0.15, 0.2) is 18.2 Å². The Labute approximate surface area is 123 Å². The number of nitrogens with zero attached hydrogens (tertiary/aromatic N) is 2. The molecule has 1 heterocycles. The molecule has 1 aliphatic heterocycles. The number of hydrazine groups is 1. The van der Waals surface area contributed by atoms with Gasteiger partial charge in [-0.25, -0.2) is 0 Å². The van der Waals surface area contributed by atoms with E-state index in [1.165, 1.54) is 18.2 Å². The number of benzene rings is 1. The minimum absolute atomic E-state index is 0.0803. The molecular weight excluding hydrogens is 272 g/mol. The summed E-state index contributed by atoms with van der Waals surface area (Å²) in [5.74, 6) is 5.81. The summed E-state index contributed by atoms with van der Waals surface area (Å²) in [5, 5.41) is 11.1. The molecule has 0 saturated carbocycles. The van der Waals surface area contributed by atoms with E-state index in [1.807, 2.05) is 0 Å². The van der Waals surface area contributed by atoms with Gasteiger partial charge in [0.25, 0.3) is 11.6 Å². The molecule has 0 aliphatic carbocycles. The van der Waals surface area contributed by atoms with Crippen LogP contribution in [0.5, 0.6) is 0 Å². The number of nitro groups is 1. The molecule has 2 rings (SSSR count). The predicted molar refractivity (Wildman–Crippen MR) is 79.8 cm³/mol. The van der Waals surface area contributed by atoms with E-state index < -0.39 is 4.92 Å². The van der Waals surface area contributed by atoms with Gasteiger partial charge < -0.3 is 10.3 Å². The zero-order valence-electron chi connectivity index (χ0n) is 12.2. The Hall–Kier alpha value is -2.15. The fourth-order valence-corrected chi connectivity index (χ4v) is 2.96. The number of amides is 1. The van der Waals surface area contributed by atoms with E-state index in [2.05, 4.69) is 19.3 Å². The minimum atomic E-state index is -0.537. The van der Waals surface area contributed by atoms with Gasteiger partial charge in [0.1, 0.15) is 5.56 Å². The number of rotatable bonds is 3. The van der Waals surface area contributed by atoms with Crippen molar-refractivity contribution in [3.63, 3.8) is 0 Å². The number of likely N-dealkylation sites (tertiary alicyclic amines) is 1. The van der Waals surface area contributed by atoms with Crippen molar-refractivity contribution in [2.45, 2.75) is 20.3 Å². The molecule has 21 heavy (non-hydrogen) atoms. The second-order valence-corrected chi connectivity index (χ2v) is 5.79. The van der Waals surface area contributed by atoms with Crippen LogP contribution in [0.25, 0.3) is 0 Å². The second kappa shape index (κ2) is 6.09. The average Bonchev–Trinajstić information content (AvgIpc) is 2.44. The zero-order chi connectivity index (χ0) is 15.6. The molecule has 0 spiro atoms. The van der Waals surface area contributed by atoms with Gasteiger partial charge in [0.05, 0.1) is 4.92 Å². The lowest BCUT2D eigenvalue weighted by Crippen LogP contribution is -2.42. The van der Waals surface area contributed by atoms with Crippen LogP contribution in [-0.4, -0.2) is 28.8 Å². The van der Waals surface area contributed by atoms with Gasteiger partial charge in [0.2, 0.25) is 0 Å². The van der Waals surface area contributed by atoms with E-state index >= 15 is 0 Å². The predicted octanol–water partition coefficient (Wildman–Crippen LogP) is 2.00. The van der Waals surface area contributed by atoms with Crippen molar-refractivity contribution in [3.05, 3.63) is 33.9 Å². The topological polar surface area (TPSA) is 102 Å². The third-order valence-corrected chi connectivity index (χ3v) is 3.75. The van der Waals surface area contributed by atoms with Gasteiger partial charge in [-0.1, -0.05) is 13.8 Å². The summed E-state index contributed by atoms with van der Waals surface area (Å²) in [7, 11) is 0. The Morgan fingerprint density at radius 1 is 1.38 bits per heavy atom. The number of nitrogens with one attached hydrogen (secondary N) is 1. The van der Waals surface area contributed by atoms with Crippen LogP contribution < -0.4 is 11.3 Å². The number of nitro benzene ring substituents is 1. The average molecular weight is 292 g/mol. The van der Waals surface area contributed by atoms with Crippen LogP contribution in [0, 0.1) is 22.0 Å². The van der Waals surface area contributed by atoms with E-state index in [1.54, 1.807) is 4.90 Å². The molecule has 0 aromatic heterocycles. The van der Waals surface area contributed by atoms with Gasteiger partial charge in [-0.3, -0.25) is 20.8 Å². The lowest BCUT2D eigenvalue weighted by molar-refractivity contribution is -0.385. The number of carbonyl (C=O) groups excluding carboxylic acids is 1. The van der Waals surface area contributed by atoms with Gasteiger partial charge in [-0.05, 0) is 30.4 Å². The molecule has 1 aliphatic rings. The molecule has 2 atom stereocenters. The molecule has 1 aromatic rings. The fourth-order valence-electron chi connectivity index (χ4n) is 2.96. The summed E-state index contributed by atoms with van der Waals surface area (Å²) in [5.41, 5.74) is 2.78. The fraction of sp³-hybridized carbons (Fsp3) is 0.500. The first kappa shape index (κ1) is 15.2. The lowest BCUT2D eigenvalue weighted by Gasteiger charge is -2.35. The van der Waals surface area contributed by atoms with Crippen molar-refractivity contribution in [1.29, 1.82) is 0 Å². The molecule has 114 valence electrons. The Bertz CT molecular complexity index is 551. The first-order valence-electron chi connectivity index (χ1n) is 6.96. The maximum absolute atomic E-state index is 12.6. The van der Waals surface area contributed by atoms with Crippen LogP contribution in [0.3, 0.4) is 0 Å². The molecule has 1 aromatic carbocycles. The maximum atomic E-state index is 12.6. The van der Waals surface area contributed by atoms with Gasteiger partial charge in [-0.2, -0.15) is 0 Å². The van der Waals surface area contributed by atoms with Crippen LogP contribution in [0.4, 0.5) is 11.4 Å². The van der Waals surface area contributed by atoms with Gasteiger partial charge >= 0.3 is 0 Å². The summed E-state index contributed by atoms with van der Waals surface area (Å²) in [4.78, 5) is 24.9. The highest BCUT2D eigenvalue weighted by molar-refractivity contribution is 5.99. The highest BCUT2D eigenvalue weighted by atomic mass is 16.6. The minimum Gasteiger partial charge on any atom is -0.338 e. The summed E-state index contributed by atoms with van der Waals surface area (Å²) in [6, 6.07) is 4.22. The van der Waals surface area contributed by atoms with E-state index in [0.717, 1.165) is 6.42 Å². The van der Waals surface area contributed by atoms with Gasteiger partial charge in [0, 0.05) is 24.8 Å². The molecule has 1 amide bonds. The van der Waals surface area contributed by atoms with Crippen molar-refractivity contribution in [2.75, 3.05) is 18.5 Å². The van der Waals surface area contributed by atoms with Crippen molar-refractivity contribution < 1.29 is 9.72 Å². The van der Waals surface area contributed by atoms with Crippen molar-refractivity contribution in [3.8, 4) is 0 Å². The van der Waals surface area contributed by atoms with Gasteiger partial charge in [-0.15, -0.1) is 0 Å². The number of nitrogens with two attached hydrogens (primary N) is 1. The van der Waals surface area contributed by atoms with Crippen LogP contribution in [-0.2, 0) is 0 Å². The molecule has 7 heteroatoms. The summed E-state index contributed by atoms with van der Waals surface area (Å²) in [6.45, 7) is 5.42. The van der Waals surface area contributed by atoms with E-state index in [-0.39, 0.29) is 17.2 Å². The molecule has 7 nitrogen and oxygen atoms in total. The number of hydrogen-bond acceptors (Lipinski definition) is 5. The number of carbonyl (C=O) groups is 1. The highest BCUT2D eigenvalue weighted by Crippen LogP contribution is 2.27. The number of anilines is 1. The molecular formula is C14H20N4O3. The summed E-state index contributed by atoms with van der Waals surface area (Å²) >= 11 is 0. The highest BCUT2D eigenvalue weighted by Gasteiger charge is 2.30. The Balaban J connectivity index is 2.35. The number of nitrogen functional groups attached to an aromatic ring is 1. The first-order chi connectivity index (χ1) is 9.92. The van der Waals surface area contributed by atoms with Crippen LogP contribution in [0.2, 0.25) is 0 Å². The van der Waals surface area contributed by atoms with Crippen LogP contribution >= 0.6 is 0 Å². The monoisotopic (exact) mass is 292 g/mol. The van der Waals surface area contributed by atoms with Crippen molar-refractivity contribution in [1.82, 2.24) is 4.90 Å². The number of piperidine rings is 1. The molecule has 3 N–H and O–H groups in total. The van der Waals surface area contributed by atoms with Gasteiger partial charge in [0.15, 0.2) is 0 Å². The second-order valence-electron chi connectivity index (χ2n) is 5.79. The third-order valence-electron chi connectivity index (χ3n) is 3.75. The van der Waals surface area contributed by atoms with E-state index in [0.29, 0.717) is 30.6 Å². The normalized spacial score (nSPS) is 22.0. The third kappa shape index (κ3) is 3.30. The molecule has 1 fully saturated rings. The smallest absolute Gasteiger partial charge is 0.282 e. The molecule has 0 bridgehead atoms. The molecule has 2 unspecified atom stereocenters. The Kier molecular flexibility index (Phi) is 4.42. The van der Waals surface area contributed by atoms with Crippen molar-refractivity contribution in [2.24, 2.45) is 17.7 Å². The molecule has 0 radical (unpaired) electrons. The SMILES string of the molecule is CC1CC(C)CN(C(=O)c2cc(NN)ccc2[N+](=O)[O-])C1. The first-order valence-corrected chi connectivity index (χ1v) is 6.96. The molecule has 1 saturated heterocycles. The summed E-state index contributed by atoms with van der Waals surface area (Å²) < 4.78 is 0. The van der Waals surface area contributed by atoms with Crippen molar-refractivity contribution >= 4 is 17.3 Å². The standard InChI is InChI=1S/C14H20N4O3/c1-9-5-10(2)8-17(7-9)14(19)12-6-11(16-15)3-4-13(12)18(20)21/h3-4,6,9-10,16H,5,7-8,15H2,1-2H3. The lowest BCUT2D eigenvalue weighted by atomic mass is 9.91. The number of hydrogen-bond donors (Lipinski definition) is 2. The quantitative estimate of drug-likeness (QED) is 0.504. The van der Waals surface area contributed by atoms with Crippen LogP contribution in [0.1, 0.15) is 30.6 Å².